The maximum absolute atomic E-state index is 10.3. The Morgan fingerprint density at radius 3 is 2.90 bits per heavy atom. The molecule has 4 heteroatoms. The molecule has 0 aromatic rings. The van der Waals surface area contributed by atoms with Crippen molar-refractivity contribution in [3.8, 4) is 0 Å². The average Bonchev–Trinajstić information content (AvgIpc) is 2.36. The van der Waals surface area contributed by atoms with Gasteiger partial charge in [-0.2, -0.15) is 0 Å². The molecule has 1 saturated heterocycles. The summed E-state index contributed by atoms with van der Waals surface area (Å²) in [5.41, 5.74) is 5.34. The first-order chi connectivity index (χ1) is 4.72. The molecule has 0 aromatic carbocycles. The van der Waals surface area contributed by atoms with Crippen molar-refractivity contribution in [2.24, 2.45) is 11.7 Å². The molecule has 3 N–H and O–H groups in total. The van der Waals surface area contributed by atoms with Crippen LogP contribution in [-0.4, -0.2) is 30.3 Å². The number of carbonyl (C=O) groups is 1. The summed E-state index contributed by atoms with van der Waals surface area (Å²) in [5.74, 6) is -0.923. The molecule has 0 saturated carbocycles. The van der Waals surface area contributed by atoms with Gasteiger partial charge in [0.15, 0.2) is 0 Å². The lowest BCUT2D eigenvalue weighted by Gasteiger charge is -2.11. The van der Waals surface area contributed by atoms with E-state index >= 15 is 0 Å². The Morgan fingerprint density at radius 2 is 2.50 bits per heavy atom. The molecule has 1 unspecified atom stereocenters. The third-order valence-corrected chi connectivity index (χ3v) is 1.76. The summed E-state index contributed by atoms with van der Waals surface area (Å²) in [4.78, 5) is 10.3. The van der Waals surface area contributed by atoms with Gasteiger partial charge in [0.1, 0.15) is 6.04 Å². The highest BCUT2D eigenvalue weighted by atomic mass is 16.5. The summed E-state index contributed by atoms with van der Waals surface area (Å²) in [5, 5.41) is 8.46. The van der Waals surface area contributed by atoms with E-state index in [-0.39, 0.29) is 5.92 Å². The molecule has 0 aromatic heterocycles. The minimum absolute atomic E-state index is 0.0116. The normalized spacial score (nSPS) is 28.3. The van der Waals surface area contributed by atoms with E-state index < -0.39 is 12.0 Å². The van der Waals surface area contributed by atoms with Gasteiger partial charge in [0.05, 0.1) is 6.61 Å². The molecule has 10 heavy (non-hydrogen) atoms. The molecule has 0 amide bonds. The number of aliphatic carboxylic acids is 1. The average molecular weight is 145 g/mol. The van der Waals surface area contributed by atoms with Crippen molar-refractivity contribution >= 4 is 5.97 Å². The quantitative estimate of drug-likeness (QED) is 0.546. The number of ether oxygens (including phenoxy) is 1. The zero-order valence-corrected chi connectivity index (χ0v) is 5.62. The molecular formula is C6H11NO3. The minimum atomic E-state index is -0.935. The van der Waals surface area contributed by atoms with E-state index in [0.29, 0.717) is 13.2 Å². The third-order valence-electron chi connectivity index (χ3n) is 1.76. The Balaban J connectivity index is 2.39. The van der Waals surface area contributed by atoms with Gasteiger partial charge in [-0.25, -0.2) is 0 Å². The van der Waals surface area contributed by atoms with E-state index in [1.165, 1.54) is 0 Å². The predicted molar refractivity (Wildman–Crippen MR) is 34.5 cm³/mol. The van der Waals surface area contributed by atoms with Gasteiger partial charge >= 0.3 is 5.97 Å². The lowest BCUT2D eigenvalue weighted by Crippen LogP contribution is -2.38. The van der Waals surface area contributed by atoms with Crippen LogP contribution in [-0.2, 0) is 9.53 Å². The van der Waals surface area contributed by atoms with Gasteiger partial charge in [0.25, 0.3) is 0 Å². The lowest BCUT2D eigenvalue weighted by molar-refractivity contribution is -0.139. The van der Waals surface area contributed by atoms with E-state index in [0.717, 1.165) is 6.42 Å². The van der Waals surface area contributed by atoms with Gasteiger partial charge < -0.3 is 15.6 Å². The van der Waals surface area contributed by atoms with Gasteiger partial charge in [-0.3, -0.25) is 4.79 Å². The fourth-order valence-corrected chi connectivity index (χ4v) is 1.04. The second kappa shape index (κ2) is 2.98. The fourth-order valence-electron chi connectivity index (χ4n) is 1.04. The Morgan fingerprint density at radius 1 is 1.80 bits per heavy atom. The molecule has 0 aliphatic carbocycles. The standard InChI is InChI=1S/C6H11NO3/c7-5(6(8)9)4-1-2-10-3-4/h4-5H,1-3,7H2,(H,8,9)/t4?,5-/m0/s1. The second-order valence-corrected chi connectivity index (χ2v) is 2.49. The molecule has 1 rings (SSSR count). The smallest absolute Gasteiger partial charge is 0.320 e. The van der Waals surface area contributed by atoms with Crippen molar-refractivity contribution in [2.45, 2.75) is 12.5 Å². The minimum Gasteiger partial charge on any atom is -0.480 e. The van der Waals surface area contributed by atoms with Crippen LogP contribution in [0.3, 0.4) is 0 Å². The zero-order chi connectivity index (χ0) is 7.56. The number of rotatable bonds is 2. The lowest BCUT2D eigenvalue weighted by atomic mass is 10.0. The van der Waals surface area contributed by atoms with E-state index in [1.54, 1.807) is 0 Å². The van der Waals surface area contributed by atoms with Crippen LogP contribution >= 0.6 is 0 Å². The first-order valence-corrected chi connectivity index (χ1v) is 3.28. The van der Waals surface area contributed by atoms with E-state index in [4.69, 9.17) is 15.6 Å². The largest absolute Gasteiger partial charge is 0.480 e. The highest BCUT2D eigenvalue weighted by Gasteiger charge is 2.27. The van der Waals surface area contributed by atoms with Crippen LogP contribution < -0.4 is 5.73 Å². The van der Waals surface area contributed by atoms with Crippen molar-refractivity contribution in [3.05, 3.63) is 0 Å². The molecule has 1 aliphatic heterocycles. The zero-order valence-electron chi connectivity index (χ0n) is 5.62. The van der Waals surface area contributed by atoms with Gasteiger partial charge in [-0.1, -0.05) is 0 Å². The molecule has 1 fully saturated rings. The summed E-state index contributed by atoms with van der Waals surface area (Å²) < 4.78 is 4.99. The molecule has 0 radical (unpaired) electrons. The maximum atomic E-state index is 10.3. The van der Waals surface area contributed by atoms with Crippen LogP contribution in [0.5, 0.6) is 0 Å². The van der Waals surface area contributed by atoms with Crippen LogP contribution in [0.15, 0.2) is 0 Å². The van der Waals surface area contributed by atoms with Gasteiger partial charge in [-0.15, -0.1) is 0 Å². The Hall–Kier alpha value is -0.610. The first-order valence-electron chi connectivity index (χ1n) is 3.28. The molecule has 1 heterocycles. The van der Waals surface area contributed by atoms with Crippen molar-refractivity contribution in [3.63, 3.8) is 0 Å². The van der Waals surface area contributed by atoms with E-state index in [2.05, 4.69) is 0 Å². The number of hydrogen-bond acceptors (Lipinski definition) is 3. The Kier molecular flexibility index (Phi) is 2.24. The molecular weight excluding hydrogens is 134 g/mol. The van der Waals surface area contributed by atoms with Crippen LogP contribution in [0.1, 0.15) is 6.42 Å². The summed E-state index contributed by atoms with van der Waals surface area (Å²) >= 11 is 0. The van der Waals surface area contributed by atoms with Crippen LogP contribution in [0.2, 0.25) is 0 Å². The number of carboxylic acid groups (broad SMARTS) is 1. The summed E-state index contributed by atoms with van der Waals surface area (Å²) in [6.07, 6.45) is 0.771. The Labute approximate surface area is 59.0 Å². The van der Waals surface area contributed by atoms with Gasteiger partial charge in [-0.05, 0) is 6.42 Å². The second-order valence-electron chi connectivity index (χ2n) is 2.49. The number of hydrogen-bond donors (Lipinski definition) is 2. The SMILES string of the molecule is N[C@H](C(=O)O)C1CCOC1. The number of carboxylic acids is 1. The monoisotopic (exact) mass is 145 g/mol. The predicted octanol–water partition coefficient (Wildman–Crippen LogP) is -0.565. The highest BCUT2D eigenvalue weighted by molar-refractivity contribution is 5.73. The van der Waals surface area contributed by atoms with Crippen molar-refractivity contribution in [1.29, 1.82) is 0 Å². The fraction of sp³-hybridized carbons (Fsp3) is 0.833. The molecule has 0 spiro atoms. The van der Waals surface area contributed by atoms with Crippen LogP contribution in [0.4, 0.5) is 0 Å². The van der Waals surface area contributed by atoms with Crippen molar-refractivity contribution in [1.82, 2.24) is 0 Å². The number of nitrogens with two attached hydrogens (primary N) is 1. The topological polar surface area (TPSA) is 72.6 Å². The maximum Gasteiger partial charge on any atom is 0.320 e. The third kappa shape index (κ3) is 1.46. The molecule has 4 nitrogen and oxygen atoms in total. The van der Waals surface area contributed by atoms with Crippen LogP contribution in [0.25, 0.3) is 0 Å². The summed E-state index contributed by atoms with van der Waals surface area (Å²) in [7, 11) is 0. The highest BCUT2D eigenvalue weighted by Crippen LogP contribution is 2.14. The summed E-state index contributed by atoms with van der Waals surface area (Å²) in [6, 6.07) is -0.748. The Bertz CT molecular complexity index is 131. The first kappa shape index (κ1) is 7.50. The van der Waals surface area contributed by atoms with Crippen molar-refractivity contribution in [2.75, 3.05) is 13.2 Å². The van der Waals surface area contributed by atoms with E-state index in [1.807, 2.05) is 0 Å². The summed E-state index contributed by atoms with van der Waals surface area (Å²) in [6.45, 7) is 1.14. The molecule has 0 bridgehead atoms. The molecule has 1 aliphatic rings. The van der Waals surface area contributed by atoms with E-state index in [9.17, 15) is 4.79 Å². The molecule has 2 atom stereocenters. The van der Waals surface area contributed by atoms with Crippen molar-refractivity contribution < 1.29 is 14.6 Å². The van der Waals surface area contributed by atoms with Gasteiger partial charge in [0.2, 0.25) is 0 Å². The van der Waals surface area contributed by atoms with Gasteiger partial charge in [0, 0.05) is 12.5 Å². The molecule has 58 valence electrons. The van der Waals surface area contributed by atoms with Crippen LogP contribution in [0, 0.1) is 5.92 Å².